The number of anilines is 2. The summed E-state index contributed by atoms with van der Waals surface area (Å²) in [5.41, 5.74) is 2.45. The number of hydrogen-bond acceptors (Lipinski definition) is 7. The summed E-state index contributed by atoms with van der Waals surface area (Å²) in [5, 5.41) is 2.94. The average molecular weight is 439 g/mol. The van der Waals surface area contributed by atoms with Gasteiger partial charge < -0.3 is 10.1 Å². The quantitative estimate of drug-likeness (QED) is 0.407. The number of aryl methyl sites for hydroxylation is 2. The summed E-state index contributed by atoms with van der Waals surface area (Å²) >= 11 is 0. The van der Waals surface area contributed by atoms with Crippen molar-refractivity contribution in [1.29, 1.82) is 0 Å². The number of sulfonamides is 1. The molecule has 0 unspecified atom stereocenters. The predicted molar refractivity (Wildman–Crippen MR) is 119 cm³/mol. The van der Waals surface area contributed by atoms with Gasteiger partial charge in [0.2, 0.25) is 5.95 Å². The van der Waals surface area contributed by atoms with Crippen molar-refractivity contribution in [3.63, 3.8) is 0 Å². The molecule has 0 saturated heterocycles. The third-order valence-corrected chi connectivity index (χ3v) is 5.56. The molecule has 2 aromatic carbocycles. The maximum atomic E-state index is 12.6. The molecule has 0 atom stereocenters. The van der Waals surface area contributed by atoms with Gasteiger partial charge in [0.05, 0.1) is 12.0 Å². The van der Waals surface area contributed by atoms with Gasteiger partial charge in [0.25, 0.3) is 10.0 Å². The molecule has 2 N–H and O–H groups in total. The van der Waals surface area contributed by atoms with Gasteiger partial charge in [0.15, 0.2) is 5.78 Å². The molecule has 0 fully saturated rings. The second-order valence-electron chi connectivity index (χ2n) is 6.68. The summed E-state index contributed by atoms with van der Waals surface area (Å²) in [7, 11) is -2.29. The Labute approximate surface area is 181 Å². The molecule has 1 aromatic heterocycles. The van der Waals surface area contributed by atoms with E-state index in [0.29, 0.717) is 28.4 Å². The van der Waals surface area contributed by atoms with Crippen LogP contribution in [0.25, 0.3) is 0 Å². The predicted octanol–water partition coefficient (Wildman–Crippen LogP) is 3.71. The first-order valence-electron chi connectivity index (χ1n) is 9.33. The molecule has 0 aliphatic rings. The van der Waals surface area contributed by atoms with E-state index in [1.807, 2.05) is 0 Å². The van der Waals surface area contributed by atoms with E-state index in [9.17, 15) is 13.2 Å². The van der Waals surface area contributed by atoms with Gasteiger partial charge in [-0.15, -0.1) is 0 Å². The average Bonchev–Trinajstić information content (AvgIpc) is 2.73. The highest BCUT2D eigenvalue weighted by atomic mass is 32.2. The molecule has 0 radical (unpaired) electrons. The van der Waals surface area contributed by atoms with E-state index in [1.54, 1.807) is 56.3 Å². The Morgan fingerprint density at radius 3 is 2.32 bits per heavy atom. The van der Waals surface area contributed by atoms with Crippen LogP contribution < -0.4 is 14.8 Å². The number of aromatic nitrogens is 2. The second kappa shape index (κ2) is 9.40. The van der Waals surface area contributed by atoms with Crippen LogP contribution in [0.2, 0.25) is 0 Å². The lowest BCUT2D eigenvalue weighted by molar-refractivity contribution is 0.104. The van der Waals surface area contributed by atoms with Crippen molar-refractivity contribution < 1.29 is 17.9 Å². The molecule has 31 heavy (non-hydrogen) atoms. The molecule has 9 heteroatoms. The van der Waals surface area contributed by atoms with Gasteiger partial charge in [-0.25, -0.2) is 23.1 Å². The van der Waals surface area contributed by atoms with Gasteiger partial charge in [-0.3, -0.25) is 4.79 Å². The lowest BCUT2D eigenvalue weighted by Gasteiger charge is -2.09. The number of ether oxygens (including phenoxy) is 1. The molecule has 1 heterocycles. The zero-order valence-corrected chi connectivity index (χ0v) is 18.1. The van der Waals surface area contributed by atoms with E-state index >= 15 is 0 Å². The SMILES string of the molecule is COc1cccc(C(=O)C=CNc2ccc(S(=O)(=O)Nc3nc(C)cc(C)n3)cc2)c1. The Hall–Kier alpha value is -3.72. The number of benzene rings is 2. The third-order valence-electron chi connectivity index (χ3n) is 4.21. The minimum Gasteiger partial charge on any atom is -0.497 e. The highest BCUT2D eigenvalue weighted by Gasteiger charge is 2.16. The van der Waals surface area contributed by atoms with E-state index in [1.165, 1.54) is 31.5 Å². The van der Waals surface area contributed by atoms with Gasteiger partial charge >= 0.3 is 0 Å². The molecular weight excluding hydrogens is 416 g/mol. The van der Waals surface area contributed by atoms with Crippen molar-refractivity contribution in [3.05, 3.63) is 83.8 Å². The first-order valence-corrected chi connectivity index (χ1v) is 10.8. The number of ketones is 1. The number of methoxy groups -OCH3 is 1. The first-order chi connectivity index (χ1) is 14.8. The van der Waals surface area contributed by atoms with E-state index in [-0.39, 0.29) is 16.6 Å². The smallest absolute Gasteiger partial charge is 0.264 e. The Morgan fingerprint density at radius 2 is 1.68 bits per heavy atom. The highest BCUT2D eigenvalue weighted by Crippen LogP contribution is 2.17. The van der Waals surface area contributed by atoms with E-state index < -0.39 is 10.0 Å². The third kappa shape index (κ3) is 5.89. The lowest BCUT2D eigenvalue weighted by Crippen LogP contribution is -2.15. The standard InChI is InChI=1S/C22H22N4O4S/c1-15-13-16(2)25-22(24-15)26-31(28,29)20-9-7-18(8-10-20)23-12-11-21(27)17-5-4-6-19(14-17)30-3/h4-14,23H,1-3H3,(H,24,25,26). The fourth-order valence-corrected chi connectivity index (χ4v) is 3.71. The zero-order valence-electron chi connectivity index (χ0n) is 17.3. The van der Waals surface area contributed by atoms with E-state index in [0.717, 1.165) is 0 Å². The Bertz CT molecular complexity index is 1200. The summed E-state index contributed by atoms with van der Waals surface area (Å²) < 4.78 is 32.6. The van der Waals surface area contributed by atoms with Crippen molar-refractivity contribution in [2.45, 2.75) is 18.7 Å². The monoisotopic (exact) mass is 438 g/mol. The molecule has 0 aliphatic carbocycles. The molecule has 0 spiro atoms. The molecule has 3 aromatic rings. The second-order valence-corrected chi connectivity index (χ2v) is 8.36. The minimum absolute atomic E-state index is 0.0266. The number of nitrogens with zero attached hydrogens (tertiary/aromatic N) is 2. The molecular formula is C22H22N4O4S. The molecule has 8 nitrogen and oxygen atoms in total. The topological polar surface area (TPSA) is 110 Å². The number of carbonyl (C=O) groups excluding carboxylic acids is 1. The molecule has 0 amide bonds. The van der Waals surface area contributed by atoms with Crippen molar-refractivity contribution in [1.82, 2.24) is 9.97 Å². The van der Waals surface area contributed by atoms with Gasteiger partial charge in [0, 0.05) is 34.9 Å². The van der Waals surface area contributed by atoms with Crippen LogP contribution in [-0.4, -0.2) is 31.3 Å². The minimum atomic E-state index is -3.83. The van der Waals surface area contributed by atoms with Crippen LogP contribution in [0.5, 0.6) is 5.75 Å². The number of allylic oxidation sites excluding steroid dienone is 1. The van der Waals surface area contributed by atoms with Gasteiger partial charge in [-0.2, -0.15) is 0 Å². The fraction of sp³-hybridized carbons (Fsp3) is 0.136. The van der Waals surface area contributed by atoms with Crippen LogP contribution in [0.15, 0.2) is 71.8 Å². The van der Waals surface area contributed by atoms with Gasteiger partial charge in [0.1, 0.15) is 5.75 Å². The van der Waals surface area contributed by atoms with Crippen molar-refractivity contribution in [2.75, 3.05) is 17.1 Å². The molecule has 0 bridgehead atoms. The van der Waals surface area contributed by atoms with Gasteiger partial charge in [-0.05, 0) is 56.3 Å². The fourth-order valence-electron chi connectivity index (χ4n) is 2.77. The van der Waals surface area contributed by atoms with Crippen LogP contribution in [0.3, 0.4) is 0 Å². The summed E-state index contributed by atoms with van der Waals surface area (Å²) in [6, 6.07) is 14.7. The van der Waals surface area contributed by atoms with Crippen molar-refractivity contribution in [2.24, 2.45) is 0 Å². The zero-order chi connectivity index (χ0) is 22.4. The van der Waals surface area contributed by atoms with Crippen LogP contribution in [0, 0.1) is 13.8 Å². The number of carbonyl (C=O) groups is 1. The van der Waals surface area contributed by atoms with Crippen LogP contribution >= 0.6 is 0 Å². The molecule has 0 aliphatic heterocycles. The van der Waals surface area contributed by atoms with Crippen molar-refractivity contribution >= 4 is 27.4 Å². The first kappa shape index (κ1) is 22.0. The summed E-state index contributed by atoms with van der Waals surface area (Å²) in [5.74, 6) is 0.436. The maximum absolute atomic E-state index is 12.6. The molecule has 3 rings (SSSR count). The largest absolute Gasteiger partial charge is 0.497 e. The Balaban J connectivity index is 1.65. The summed E-state index contributed by atoms with van der Waals surface area (Å²) in [6.45, 7) is 3.53. The van der Waals surface area contributed by atoms with Crippen LogP contribution in [0.4, 0.5) is 11.6 Å². The van der Waals surface area contributed by atoms with Crippen LogP contribution in [-0.2, 0) is 10.0 Å². The number of hydrogen-bond donors (Lipinski definition) is 2. The lowest BCUT2D eigenvalue weighted by atomic mass is 10.1. The highest BCUT2D eigenvalue weighted by molar-refractivity contribution is 7.92. The summed E-state index contributed by atoms with van der Waals surface area (Å²) in [4.78, 5) is 20.5. The maximum Gasteiger partial charge on any atom is 0.264 e. The van der Waals surface area contributed by atoms with E-state index in [4.69, 9.17) is 4.74 Å². The number of nitrogens with one attached hydrogen (secondary N) is 2. The molecule has 0 saturated carbocycles. The van der Waals surface area contributed by atoms with E-state index in [2.05, 4.69) is 20.0 Å². The van der Waals surface area contributed by atoms with Crippen LogP contribution in [0.1, 0.15) is 21.7 Å². The Morgan fingerprint density at radius 1 is 1.00 bits per heavy atom. The molecule has 160 valence electrons. The van der Waals surface area contributed by atoms with Crippen molar-refractivity contribution in [3.8, 4) is 5.75 Å². The number of rotatable bonds is 8. The normalized spacial score (nSPS) is 11.3. The summed E-state index contributed by atoms with van der Waals surface area (Å²) in [6.07, 6.45) is 2.88. The van der Waals surface area contributed by atoms with Gasteiger partial charge in [-0.1, -0.05) is 12.1 Å². The Kier molecular flexibility index (Phi) is 6.66.